The predicted octanol–water partition coefficient (Wildman–Crippen LogP) is 3.84. The molecule has 2 atom stereocenters. The number of nitrogens with one attached hydrogen (secondary N) is 1. The standard InChI is InChI=1S/C15H18N2/c1-11-6-7-12(10-11)17-15-8-9-16-14-5-3-2-4-13(14)15/h2-5,8-9,11-12H,6-7,10H2,1H3,(H,16,17). The molecule has 0 aliphatic heterocycles. The highest BCUT2D eigenvalue weighted by molar-refractivity contribution is 5.90. The first kappa shape index (κ1) is 10.6. The fourth-order valence-electron chi connectivity index (χ4n) is 2.78. The van der Waals surface area contributed by atoms with Gasteiger partial charge in [-0.15, -0.1) is 0 Å². The van der Waals surface area contributed by atoms with Crippen molar-refractivity contribution in [1.82, 2.24) is 4.98 Å². The Morgan fingerprint density at radius 3 is 2.88 bits per heavy atom. The molecule has 2 unspecified atom stereocenters. The van der Waals surface area contributed by atoms with E-state index in [1.54, 1.807) is 0 Å². The second kappa shape index (κ2) is 4.36. The molecule has 1 saturated carbocycles. The Morgan fingerprint density at radius 1 is 1.18 bits per heavy atom. The molecule has 1 aromatic heterocycles. The number of rotatable bonds is 2. The van der Waals surface area contributed by atoms with Gasteiger partial charge >= 0.3 is 0 Å². The van der Waals surface area contributed by atoms with Gasteiger partial charge in [-0.1, -0.05) is 25.1 Å². The number of anilines is 1. The lowest BCUT2D eigenvalue weighted by molar-refractivity contribution is 0.603. The van der Waals surface area contributed by atoms with Crippen LogP contribution in [0.1, 0.15) is 26.2 Å². The summed E-state index contributed by atoms with van der Waals surface area (Å²) in [4.78, 5) is 4.39. The summed E-state index contributed by atoms with van der Waals surface area (Å²) in [5.41, 5.74) is 2.30. The van der Waals surface area contributed by atoms with E-state index in [0.29, 0.717) is 6.04 Å². The minimum Gasteiger partial charge on any atom is -0.382 e. The predicted molar refractivity (Wildman–Crippen MR) is 72.2 cm³/mol. The molecule has 1 fully saturated rings. The molecule has 2 heteroatoms. The average molecular weight is 226 g/mol. The largest absolute Gasteiger partial charge is 0.382 e. The molecule has 2 nitrogen and oxygen atoms in total. The topological polar surface area (TPSA) is 24.9 Å². The lowest BCUT2D eigenvalue weighted by Crippen LogP contribution is -2.15. The van der Waals surface area contributed by atoms with Gasteiger partial charge < -0.3 is 5.32 Å². The summed E-state index contributed by atoms with van der Waals surface area (Å²) in [5, 5.41) is 4.91. The van der Waals surface area contributed by atoms with Crippen molar-refractivity contribution in [3.8, 4) is 0 Å². The van der Waals surface area contributed by atoms with E-state index in [1.165, 1.54) is 30.3 Å². The highest BCUT2D eigenvalue weighted by Gasteiger charge is 2.21. The van der Waals surface area contributed by atoms with Crippen LogP contribution >= 0.6 is 0 Å². The van der Waals surface area contributed by atoms with Crippen molar-refractivity contribution in [2.75, 3.05) is 5.32 Å². The van der Waals surface area contributed by atoms with Crippen molar-refractivity contribution in [1.29, 1.82) is 0 Å². The van der Waals surface area contributed by atoms with Crippen LogP contribution in [0.3, 0.4) is 0 Å². The molecule has 2 aromatic rings. The van der Waals surface area contributed by atoms with Crippen LogP contribution in [-0.2, 0) is 0 Å². The van der Waals surface area contributed by atoms with Gasteiger partial charge in [0.15, 0.2) is 0 Å². The molecule has 1 aliphatic rings. The fourth-order valence-corrected chi connectivity index (χ4v) is 2.78. The van der Waals surface area contributed by atoms with Crippen molar-refractivity contribution < 1.29 is 0 Å². The van der Waals surface area contributed by atoms with Crippen LogP contribution < -0.4 is 5.32 Å². The molecule has 88 valence electrons. The van der Waals surface area contributed by atoms with Gasteiger partial charge in [0.2, 0.25) is 0 Å². The molecule has 0 amide bonds. The Kier molecular flexibility index (Phi) is 2.71. The van der Waals surface area contributed by atoms with E-state index < -0.39 is 0 Å². The smallest absolute Gasteiger partial charge is 0.0722 e. The number of hydrogen-bond donors (Lipinski definition) is 1. The van der Waals surface area contributed by atoms with Crippen LogP contribution in [0, 0.1) is 5.92 Å². The zero-order chi connectivity index (χ0) is 11.7. The van der Waals surface area contributed by atoms with E-state index in [-0.39, 0.29) is 0 Å². The first-order valence-corrected chi connectivity index (χ1v) is 6.43. The van der Waals surface area contributed by atoms with E-state index in [0.717, 1.165) is 11.4 Å². The molecule has 1 N–H and O–H groups in total. The summed E-state index contributed by atoms with van der Waals surface area (Å²) < 4.78 is 0. The third-order valence-electron chi connectivity index (χ3n) is 3.70. The van der Waals surface area contributed by atoms with Gasteiger partial charge in [0, 0.05) is 23.3 Å². The minimum atomic E-state index is 0.635. The Bertz CT molecular complexity index is 516. The third-order valence-corrected chi connectivity index (χ3v) is 3.70. The Balaban J connectivity index is 1.90. The maximum Gasteiger partial charge on any atom is 0.0722 e. The van der Waals surface area contributed by atoms with Gasteiger partial charge in [-0.05, 0) is 37.3 Å². The molecule has 0 spiro atoms. The van der Waals surface area contributed by atoms with Crippen LogP contribution in [0.25, 0.3) is 10.9 Å². The van der Waals surface area contributed by atoms with Crippen LogP contribution in [-0.4, -0.2) is 11.0 Å². The van der Waals surface area contributed by atoms with Gasteiger partial charge in [0.05, 0.1) is 5.52 Å². The zero-order valence-corrected chi connectivity index (χ0v) is 10.2. The normalized spacial score (nSPS) is 24.1. The van der Waals surface area contributed by atoms with E-state index in [4.69, 9.17) is 0 Å². The molecule has 1 heterocycles. The first-order chi connectivity index (χ1) is 8.33. The van der Waals surface area contributed by atoms with Crippen LogP contribution in [0.2, 0.25) is 0 Å². The maximum absolute atomic E-state index is 4.39. The van der Waals surface area contributed by atoms with Gasteiger partial charge in [0.1, 0.15) is 0 Å². The van der Waals surface area contributed by atoms with Gasteiger partial charge in [0.25, 0.3) is 0 Å². The third kappa shape index (κ3) is 2.12. The molecular formula is C15H18N2. The summed E-state index contributed by atoms with van der Waals surface area (Å²) in [6, 6.07) is 11.0. The van der Waals surface area contributed by atoms with E-state index in [1.807, 2.05) is 12.3 Å². The Labute approximate surface area is 102 Å². The number of para-hydroxylation sites is 1. The van der Waals surface area contributed by atoms with E-state index >= 15 is 0 Å². The number of benzene rings is 1. The number of hydrogen-bond acceptors (Lipinski definition) is 2. The average Bonchev–Trinajstić information content (AvgIpc) is 2.75. The zero-order valence-electron chi connectivity index (χ0n) is 10.2. The second-order valence-electron chi connectivity index (χ2n) is 5.14. The van der Waals surface area contributed by atoms with Crippen molar-refractivity contribution in [2.45, 2.75) is 32.2 Å². The number of fused-ring (bicyclic) bond motifs is 1. The second-order valence-corrected chi connectivity index (χ2v) is 5.14. The van der Waals surface area contributed by atoms with Crippen LogP contribution in [0.4, 0.5) is 5.69 Å². The van der Waals surface area contributed by atoms with Crippen molar-refractivity contribution in [3.63, 3.8) is 0 Å². The van der Waals surface area contributed by atoms with Crippen LogP contribution in [0.5, 0.6) is 0 Å². The summed E-state index contributed by atoms with van der Waals surface area (Å²) in [6.07, 6.45) is 5.82. The van der Waals surface area contributed by atoms with E-state index in [9.17, 15) is 0 Å². The van der Waals surface area contributed by atoms with E-state index in [2.05, 4.69) is 41.5 Å². The Morgan fingerprint density at radius 2 is 2.06 bits per heavy atom. The summed E-state index contributed by atoms with van der Waals surface area (Å²) in [6.45, 7) is 2.34. The fraction of sp³-hybridized carbons (Fsp3) is 0.400. The maximum atomic E-state index is 4.39. The van der Waals surface area contributed by atoms with Crippen molar-refractivity contribution >= 4 is 16.6 Å². The van der Waals surface area contributed by atoms with Crippen LogP contribution in [0.15, 0.2) is 36.5 Å². The summed E-state index contributed by atoms with van der Waals surface area (Å²) >= 11 is 0. The first-order valence-electron chi connectivity index (χ1n) is 6.43. The minimum absolute atomic E-state index is 0.635. The molecule has 0 bridgehead atoms. The Hall–Kier alpha value is -1.57. The van der Waals surface area contributed by atoms with Gasteiger partial charge in [-0.3, -0.25) is 4.98 Å². The quantitative estimate of drug-likeness (QED) is 0.841. The van der Waals surface area contributed by atoms with Crippen molar-refractivity contribution in [2.24, 2.45) is 5.92 Å². The lowest BCUT2D eigenvalue weighted by atomic mass is 10.1. The molecule has 1 aromatic carbocycles. The molecule has 0 radical (unpaired) electrons. The van der Waals surface area contributed by atoms with Gasteiger partial charge in [-0.25, -0.2) is 0 Å². The van der Waals surface area contributed by atoms with Gasteiger partial charge in [-0.2, -0.15) is 0 Å². The number of pyridine rings is 1. The summed E-state index contributed by atoms with van der Waals surface area (Å²) in [7, 11) is 0. The molecular weight excluding hydrogens is 208 g/mol. The van der Waals surface area contributed by atoms with Crippen molar-refractivity contribution in [3.05, 3.63) is 36.5 Å². The monoisotopic (exact) mass is 226 g/mol. The summed E-state index contributed by atoms with van der Waals surface area (Å²) in [5.74, 6) is 0.862. The lowest BCUT2D eigenvalue weighted by Gasteiger charge is -2.15. The molecule has 3 rings (SSSR count). The SMILES string of the molecule is CC1CCC(Nc2ccnc3ccccc23)C1. The number of aromatic nitrogens is 1. The molecule has 17 heavy (non-hydrogen) atoms. The molecule has 1 aliphatic carbocycles. The number of nitrogens with zero attached hydrogens (tertiary/aromatic N) is 1. The highest BCUT2D eigenvalue weighted by atomic mass is 14.9. The highest BCUT2D eigenvalue weighted by Crippen LogP contribution is 2.29. The molecule has 0 saturated heterocycles.